The molecule has 23 heavy (non-hydrogen) atoms. The summed E-state index contributed by atoms with van der Waals surface area (Å²) in [6.07, 6.45) is -0.162. The van der Waals surface area contributed by atoms with Crippen molar-refractivity contribution in [3.05, 3.63) is 46.6 Å². The highest BCUT2D eigenvalue weighted by atomic mass is 35.5. The molecule has 3 rings (SSSR count). The van der Waals surface area contributed by atoms with Gasteiger partial charge in [0.05, 0.1) is 17.1 Å². The van der Waals surface area contributed by atoms with E-state index in [1.807, 2.05) is 31.4 Å². The number of halogens is 1. The zero-order valence-electron chi connectivity index (χ0n) is 12.5. The Morgan fingerprint density at radius 3 is 2.91 bits per heavy atom. The van der Waals surface area contributed by atoms with Gasteiger partial charge in [-0.15, -0.1) is 11.3 Å². The lowest BCUT2D eigenvalue weighted by atomic mass is 10.2. The molecule has 0 aliphatic heterocycles. The first-order valence-electron chi connectivity index (χ1n) is 7.02. The molecular weight excluding hydrogens is 334 g/mol. The lowest BCUT2D eigenvalue weighted by Gasteiger charge is -2.10. The number of aromatic nitrogens is 2. The molecule has 0 radical (unpaired) electrons. The number of hydrogen-bond donors (Lipinski definition) is 1. The predicted octanol–water partition coefficient (Wildman–Crippen LogP) is 4.65. The van der Waals surface area contributed by atoms with Gasteiger partial charge in [0.25, 0.3) is 0 Å². The molecule has 0 unspecified atom stereocenters. The summed E-state index contributed by atoms with van der Waals surface area (Å²) >= 11 is 7.45. The molecule has 7 heteroatoms. The summed E-state index contributed by atoms with van der Waals surface area (Å²) in [6, 6.07) is 8.99. The first-order valence-corrected chi connectivity index (χ1v) is 8.27. The second-order valence-corrected chi connectivity index (χ2v) is 6.37. The van der Waals surface area contributed by atoms with Crippen LogP contribution in [0.2, 0.25) is 5.28 Å². The van der Waals surface area contributed by atoms with E-state index in [1.165, 1.54) is 11.3 Å². The minimum Gasteiger partial charge on any atom is -0.459 e. The van der Waals surface area contributed by atoms with Crippen molar-refractivity contribution in [1.29, 1.82) is 0 Å². The molecule has 2 heterocycles. The predicted molar refractivity (Wildman–Crippen MR) is 92.7 cm³/mol. The number of anilines is 2. The number of fused-ring (bicyclic) bond motifs is 1. The average Bonchev–Trinajstić information content (AvgIpc) is 2.95. The van der Waals surface area contributed by atoms with Crippen LogP contribution in [0.5, 0.6) is 0 Å². The van der Waals surface area contributed by atoms with E-state index < -0.39 is 0 Å². The number of carbonyl (C=O) groups excluding carboxylic acids is 1. The summed E-state index contributed by atoms with van der Waals surface area (Å²) < 4.78 is 5.21. The van der Waals surface area contributed by atoms with Crippen molar-refractivity contribution in [2.24, 2.45) is 0 Å². The Morgan fingerprint density at radius 2 is 2.13 bits per heavy atom. The summed E-state index contributed by atoms with van der Waals surface area (Å²) in [5, 5.41) is 6.18. The summed E-state index contributed by atoms with van der Waals surface area (Å²) in [5.74, 6) is 0.251. The van der Waals surface area contributed by atoms with Crippen molar-refractivity contribution in [2.75, 3.05) is 5.32 Å². The topological polar surface area (TPSA) is 64.1 Å². The Balaban J connectivity index is 1.90. The monoisotopic (exact) mass is 347 g/mol. The van der Waals surface area contributed by atoms with Crippen LogP contribution in [0.1, 0.15) is 24.2 Å². The van der Waals surface area contributed by atoms with Gasteiger partial charge in [-0.3, -0.25) is 0 Å². The van der Waals surface area contributed by atoms with Crippen LogP contribution < -0.4 is 5.32 Å². The van der Waals surface area contributed by atoms with Gasteiger partial charge in [0.2, 0.25) is 5.28 Å². The maximum atomic E-state index is 12.0. The molecule has 1 aromatic carbocycles. The van der Waals surface area contributed by atoms with E-state index in [-0.39, 0.29) is 17.4 Å². The Bertz CT molecular complexity index is 863. The summed E-state index contributed by atoms with van der Waals surface area (Å²) in [6.45, 7) is 3.63. The molecule has 5 nitrogen and oxygen atoms in total. The van der Waals surface area contributed by atoms with Crippen LogP contribution in [0.3, 0.4) is 0 Å². The van der Waals surface area contributed by atoms with Crippen LogP contribution in [0.25, 0.3) is 10.2 Å². The maximum Gasteiger partial charge on any atom is 0.338 e. The second-order valence-electron chi connectivity index (χ2n) is 5.14. The summed E-state index contributed by atoms with van der Waals surface area (Å²) in [7, 11) is 0. The molecule has 0 atom stereocenters. The maximum absolute atomic E-state index is 12.0. The summed E-state index contributed by atoms with van der Waals surface area (Å²) in [5.41, 5.74) is 1.20. The number of thiophene rings is 1. The Labute approximate surface area is 142 Å². The number of benzene rings is 1. The molecule has 0 aliphatic rings. The average molecular weight is 348 g/mol. The molecule has 0 spiro atoms. The second kappa shape index (κ2) is 6.52. The Kier molecular flexibility index (Phi) is 4.45. The van der Waals surface area contributed by atoms with E-state index >= 15 is 0 Å². The Hall–Kier alpha value is -2.18. The fourth-order valence-electron chi connectivity index (χ4n) is 2.07. The zero-order chi connectivity index (χ0) is 16.4. The molecule has 3 aromatic rings. The zero-order valence-corrected chi connectivity index (χ0v) is 14.1. The molecule has 118 valence electrons. The normalized spacial score (nSPS) is 11.0. The highest BCUT2D eigenvalue weighted by molar-refractivity contribution is 7.16. The minimum atomic E-state index is -0.356. The number of esters is 1. The van der Waals surface area contributed by atoms with E-state index in [9.17, 15) is 4.79 Å². The van der Waals surface area contributed by atoms with Crippen LogP contribution in [-0.4, -0.2) is 22.0 Å². The van der Waals surface area contributed by atoms with Gasteiger partial charge in [0.1, 0.15) is 10.6 Å². The van der Waals surface area contributed by atoms with Gasteiger partial charge in [0.15, 0.2) is 0 Å². The number of ether oxygens (including phenoxy) is 1. The van der Waals surface area contributed by atoms with E-state index in [2.05, 4.69) is 15.3 Å². The van der Waals surface area contributed by atoms with Gasteiger partial charge in [-0.25, -0.2) is 9.78 Å². The fourth-order valence-corrected chi connectivity index (χ4v) is 3.05. The minimum absolute atomic E-state index is 0.162. The van der Waals surface area contributed by atoms with Crippen molar-refractivity contribution >= 4 is 50.6 Å². The first kappa shape index (κ1) is 15.7. The van der Waals surface area contributed by atoms with Crippen LogP contribution >= 0.6 is 22.9 Å². The number of nitrogens with one attached hydrogen (secondary N) is 1. The number of carbonyl (C=O) groups is 1. The van der Waals surface area contributed by atoms with Crippen LogP contribution in [0.15, 0.2) is 35.7 Å². The molecule has 2 aromatic heterocycles. The van der Waals surface area contributed by atoms with Crippen molar-refractivity contribution in [2.45, 2.75) is 20.0 Å². The van der Waals surface area contributed by atoms with Crippen LogP contribution in [-0.2, 0) is 4.74 Å². The van der Waals surface area contributed by atoms with Crippen LogP contribution in [0, 0.1) is 0 Å². The van der Waals surface area contributed by atoms with E-state index in [0.29, 0.717) is 11.4 Å². The summed E-state index contributed by atoms with van der Waals surface area (Å²) in [4.78, 5) is 21.2. The van der Waals surface area contributed by atoms with Crippen molar-refractivity contribution in [1.82, 2.24) is 9.97 Å². The SMILES string of the molecule is CC(C)OC(=O)c1cccc(Nc2nc(Cl)nc3sccc23)c1. The smallest absolute Gasteiger partial charge is 0.338 e. The van der Waals surface area contributed by atoms with Crippen molar-refractivity contribution in [3.8, 4) is 0 Å². The molecule has 0 fully saturated rings. The molecule has 0 amide bonds. The lowest BCUT2D eigenvalue weighted by Crippen LogP contribution is -2.11. The third-order valence-corrected chi connectivity index (χ3v) is 3.98. The molecule has 0 saturated heterocycles. The van der Waals surface area contributed by atoms with Crippen molar-refractivity contribution in [3.63, 3.8) is 0 Å². The van der Waals surface area contributed by atoms with Gasteiger partial charge in [-0.2, -0.15) is 4.98 Å². The third-order valence-electron chi connectivity index (χ3n) is 3.00. The third kappa shape index (κ3) is 3.60. The van der Waals surface area contributed by atoms with Gasteiger partial charge < -0.3 is 10.1 Å². The van der Waals surface area contributed by atoms with Gasteiger partial charge in [0, 0.05) is 5.69 Å². The molecule has 0 aliphatic carbocycles. The first-order chi connectivity index (χ1) is 11.0. The molecule has 1 N–H and O–H groups in total. The number of nitrogens with zero attached hydrogens (tertiary/aromatic N) is 2. The molecule has 0 bridgehead atoms. The largest absolute Gasteiger partial charge is 0.459 e. The highest BCUT2D eigenvalue weighted by Gasteiger charge is 2.12. The van der Waals surface area contributed by atoms with E-state index in [4.69, 9.17) is 16.3 Å². The molecule has 0 saturated carbocycles. The van der Waals surface area contributed by atoms with Gasteiger partial charge >= 0.3 is 5.97 Å². The number of hydrogen-bond acceptors (Lipinski definition) is 6. The highest BCUT2D eigenvalue weighted by Crippen LogP contribution is 2.28. The van der Waals surface area contributed by atoms with Crippen LogP contribution in [0.4, 0.5) is 11.5 Å². The number of rotatable bonds is 4. The Morgan fingerprint density at radius 1 is 1.30 bits per heavy atom. The fraction of sp³-hybridized carbons (Fsp3) is 0.188. The quantitative estimate of drug-likeness (QED) is 0.549. The van der Waals surface area contributed by atoms with Gasteiger partial charge in [-0.1, -0.05) is 6.07 Å². The van der Waals surface area contributed by atoms with Crippen molar-refractivity contribution < 1.29 is 9.53 Å². The lowest BCUT2D eigenvalue weighted by molar-refractivity contribution is 0.0378. The van der Waals surface area contributed by atoms with Gasteiger partial charge in [-0.05, 0) is 55.1 Å². The molecular formula is C16H14ClN3O2S. The standard InChI is InChI=1S/C16H14ClN3O2S/c1-9(2)22-15(21)10-4-3-5-11(8-10)18-13-12-6-7-23-14(12)20-16(17)19-13/h3-9H,1-2H3,(H,18,19,20). The van der Waals surface area contributed by atoms with E-state index in [0.717, 1.165) is 15.9 Å². The van der Waals surface area contributed by atoms with E-state index in [1.54, 1.807) is 18.2 Å².